The zero-order chi connectivity index (χ0) is 17.4. The maximum absolute atomic E-state index is 12.6. The molecular weight excluding hydrogens is 334 g/mol. The van der Waals surface area contributed by atoms with Gasteiger partial charge in [-0.1, -0.05) is 24.3 Å². The minimum Gasteiger partial charge on any atom is -0.312 e. The number of amides is 1. The summed E-state index contributed by atoms with van der Waals surface area (Å²) in [6.07, 6.45) is 3.92. The zero-order valence-corrected chi connectivity index (χ0v) is 14.9. The molecule has 0 N–H and O–H groups in total. The lowest BCUT2D eigenvalue weighted by atomic mass is 10.1. The fourth-order valence-electron chi connectivity index (χ4n) is 3.81. The van der Waals surface area contributed by atoms with Gasteiger partial charge in [-0.05, 0) is 60.6 Å². The Morgan fingerprint density at radius 3 is 2.64 bits per heavy atom. The molecule has 0 atom stereocenters. The first-order valence-corrected chi connectivity index (χ1v) is 10.4. The van der Waals surface area contributed by atoms with E-state index in [9.17, 15) is 13.2 Å². The Morgan fingerprint density at radius 1 is 0.960 bits per heavy atom. The third-order valence-corrected chi connectivity index (χ3v) is 6.92. The molecule has 25 heavy (non-hydrogen) atoms. The lowest BCUT2D eigenvalue weighted by molar-refractivity contribution is -0.118. The van der Waals surface area contributed by atoms with Gasteiger partial charge >= 0.3 is 0 Å². The Kier molecular flexibility index (Phi) is 4.12. The molecule has 0 saturated carbocycles. The number of aryl methyl sites for hydroxylation is 2. The van der Waals surface area contributed by atoms with Crippen molar-refractivity contribution in [2.75, 3.05) is 17.2 Å². The molecule has 0 radical (unpaired) electrons. The molecule has 2 aromatic rings. The number of fused-ring (bicyclic) bond motifs is 2. The zero-order valence-electron chi connectivity index (χ0n) is 14.1. The van der Waals surface area contributed by atoms with Crippen LogP contribution in [-0.2, 0) is 33.9 Å². The molecule has 0 unspecified atom stereocenters. The number of hydrogen-bond donors (Lipinski definition) is 0. The van der Waals surface area contributed by atoms with Gasteiger partial charge in [0, 0.05) is 18.7 Å². The summed E-state index contributed by atoms with van der Waals surface area (Å²) < 4.78 is 25.3. The Labute approximate surface area is 148 Å². The SMILES string of the molecule is O=C(CCS(=O)(=O)c1ccc2c(c1)CCC2)N1CCc2ccccc21. The van der Waals surface area contributed by atoms with Gasteiger partial charge in [0.2, 0.25) is 5.91 Å². The lowest BCUT2D eigenvalue weighted by Crippen LogP contribution is -2.30. The molecule has 0 fully saturated rings. The van der Waals surface area contributed by atoms with E-state index in [1.807, 2.05) is 30.3 Å². The van der Waals surface area contributed by atoms with Crippen LogP contribution in [0.1, 0.15) is 29.5 Å². The average Bonchev–Trinajstić information content (AvgIpc) is 3.25. The first kappa shape index (κ1) is 16.3. The molecule has 130 valence electrons. The predicted molar refractivity (Wildman–Crippen MR) is 97.6 cm³/mol. The van der Waals surface area contributed by atoms with Crippen LogP contribution in [0.5, 0.6) is 0 Å². The minimum atomic E-state index is -3.43. The largest absolute Gasteiger partial charge is 0.312 e. The molecule has 4 nitrogen and oxygen atoms in total. The summed E-state index contributed by atoms with van der Waals surface area (Å²) in [5.74, 6) is -0.252. The third-order valence-electron chi connectivity index (χ3n) is 5.20. The van der Waals surface area contributed by atoms with Crippen LogP contribution in [0, 0.1) is 0 Å². The highest BCUT2D eigenvalue weighted by Crippen LogP contribution is 2.29. The first-order valence-electron chi connectivity index (χ1n) is 8.77. The van der Waals surface area contributed by atoms with E-state index in [0.29, 0.717) is 11.4 Å². The van der Waals surface area contributed by atoms with Crippen LogP contribution >= 0.6 is 0 Å². The van der Waals surface area contributed by atoms with E-state index in [0.717, 1.165) is 42.5 Å². The number of rotatable bonds is 4. The van der Waals surface area contributed by atoms with E-state index in [4.69, 9.17) is 0 Å². The van der Waals surface area contributed by atoms with Crippen molar-refractivity contribution < 1.29 is 13.2 Å². The first-order chi connectivity index (χ1) is 12.0. The Bertz CT molecular complexity index is 934. The van der Waals surface area contributed by atoms with E-state index in [2.05, 4.69) is 0 Å². The number of nitrogens with zero attached hydrogens (tertiary/aromatic N) is 1. The summed E-state index contributed by atoms with van der Waals surface area (Å²) in [6.45, 7) is 0.636. The molecule has 0 spiro atoms. The van der Waals surface area contributed by atoms with Gasteiger partial charge in [0.15, 0.2) is 9.84 Å². The van der Waals surface area contributed by atoms with Crippen LogP contribution in [0.4, 0.5) is 5.69 Å². The smallest absolute Gasteiger partial charge is 0.228 e. The molecule has 4 rings (SSSR count). The van der Waals surface area contributed by atoms with E-state index in [-0.39, 0.29) is 18.1 Å². The second-order valence-corrected chi connectivity index (χ2v) is 8.89. The number of sulfone groups is 1. The maximum atomic E-state index is 12.6. The van der Waals surface area contributed by atoms with Crippen molar-refractivity contribution in [1.29, 1.82) is 0 Å². The maximum Gasteiger partial charge on any atom is 0.228 e. The highest BCUT2D eigenvalue weighted by molar-refractivity contribution is 7.91. The second kappa shape index (κ2) is 6.30. The Balaban J connectivity index is 1.46. The van der Waals surface area contributed by atoms with Crippen LogP contribution in [0.25, 0.3) is 0 Å². The van der Waals surface area contributed by atoms with Gasteiger partial charge in [0.1, 0.15) is 0 Å². The monoisotopic (exact) mass is 355 g/mol. The summed E-state index contributed by atoms with van der Waals surface area (Å²) in [7, 11) is -3.43. The van der Waals surface area contributed by atoms with Crippen molar-refractivity contribution in [3.05, 3.63) is 59.2 Å². The molecule has 0 aromatic heterocycles. The van der Waals surface area contributed by atoms with Gasteiger partial charge in [-0.2, -0.15) is 0 Å². The van der Waals surface area contributed by atoms with Crippen molar-refractivity contribution in [1.82, 2.24) is 0 Å². The second-order valence-electron chi connectivity index (χ2n) is 6.78. The molecule has 1 heterocycles. The van der Waals surface area contributed by atoms with E-state index < -0.39 is 9.84 Å². The van der Waals surface area contributed by atoms with Gasteiger partial charge < -0.3 is 4.90 Å². The molecule has 1 amide bonds. The normalized spacial score (nSPS) is 15.9. The van der Waals surface area contributed by atoms with Crippen LogP contribution in [-0.4, -0.2) is 26.6 Å². The number of carbonyl (C=O) groups is 1. The number of carbonyl (C=O) groups excluding carboxylic acids is 1. The number of anilines is 1. The topological polar surface area (TPSA) is 54.5 Å². The predicted octanol–water partition coefficient (Wildman–Crippen LogP) is 2.93. The fourth-order valence-corrected chi connectivity index (χ4v) is 5.09. The van der Waals surface area contributed by atoms with Crippen molar-refractivity contribution in [3.8, 4) is 0 Å². The highest BCUT2D eigenvalue weighted by atomic mass is 32.2. The molecular formula is C20H21NO3S. The number of para-hydroxylation sites is 1. The molecule has 0 saturated heterocycles. The summed E-state index contributed by atoms with van der Waals surface area (Å²) in [6, 6.07) is 13.2. The number of hydrogen-bond acceptors (Lipinski definition) is 3. The molecule has 2 aromatic carbocycles. The van der Waals surface area contributed by atoms with Crippen LogP contribution in [0.15, 0.2) is 47.4 Å². The molecule has 1 aliphatic carbocycles. The van der Waals surface area contributed by atoms with Gasteiger partial charge in [-0.3, -0.25) is 4.79 Å². The van der Waals surface area contributed by atoms with Gasteiger partial charge in [0.25, 0.3) is 0 Å². The van der Waals surface area contributed by atoms with E-state index >= 15 is 0 Å². The summed E-state index contributed by atoms with van der Waals surface area (Å²) in [4.78, 5) is 14.6. The number of benzene rings is 2. The van der Waals surface area contributed by atoms with Crippen molar-refractivity contribution >= 4 is 21.4 Å². The van der Waals surface area contributed by atoms with Crippen LogP contribution < -0.4 is 4.90 Å². The minimum absolute atomic E-state index is 0.0216. The Hall–Kier alpha value is -2.14. The van der Waals surface area contributed by atoms with Crippen molar-refractivity contribution in [3.63, 3.8) is 0 Å². The van der Waals surface area contributed by atoms with E-state index in [1.165, 1.54) is 5.56 Å². The van der Waals surface area contributed by atoms with Crippen LogP contribution in [0.2, 0.25) is 0 Å². The fraction of sp³-hybridized carbons (Fsp3) is 0.350. The quantitative estimate of drug-likeness (QED) is 0.847. The van der Waals surface area contributed by atoms with Gasteiger partial charge in [0.05, 0.1) is 10.6 Å². The van der Waals surface area contributed by atoms with Crippen molar-refractivity contribution in [2.45, 2.75) is 37.0 Å². The van der Waals surface area contributed by atoms with Crippen LogP contribution in [0.3, 0.4) is 0 Å². The summed E-state index contributed by atoms with van der Waals surface area (Å²) in [5.41, 5.74) is 4.46. The third kappa shape index (κ3) is 3.09. The molecule has 5 heteroatoms. The molecule has 0 bridgehead atoms. The molecule has 1 aliphatic heterocycles. The Morgan fingerprint density at radius 2 is 1.76 bits per heavy atom. The average molecular weight is 355 g/mol. The standard InChI is InChI=1S/C20H21NO3S/c22-20(21-12-10-16-4-1-2-7-19(16)21)11-13-25(23,24)18-9-8-15-5-3-6-17(15)14-18/h1-2,4,7-9,14H,3,5-6,10-13H2. The highest BCUT2D eigenvalue weighted by Gasteiger charge is 2.26. The van der Waals surface area contributed by atoms with Gasteiger partial charge in [-0.25, -0.2) is 8.42 Å². The summed E-state index contributed by atoms with van der Waals surface area (Å²) >= 11 is 0. The van der Waals surface area contributed by atoms with Crippen molar-refractivity contribution in [2.24, 2.45) is 0 Å². The summed E-state index contributed by atoms with van der Waals surface area (Å²) in [5, 5.41) is 0. The van der Waals surface area contributed by atoms with E-state index in [1.54, 1.807) is 17.0 Å². The molecule has 2 aliphatic rings. The van der Waals surface area contributed by atoms with Gasteiger partial charge in [-0.15, -0.1) is 0 Å². The lowest BCUT2D eigenvalue weighted by Gasteiger charge is -2.17.